The van der Waals surface area contributed by atoms with E-state index in [1.807, 2.05) is 0 Å². The molecule has 8 heteroatoms. The number of nitrogens with zero attached hydrogens (tertiary/aromatic N) is 1. The third kappa shape index (κ3) is 5.33. The molecule has 0 saturated carbocycles. The Bertz CT molecular complexity index is 333. The molecular weight excluding hydrogens is 226 g/mol. The molecule has 0 radical (unpaired) electrons. The highest BCUT2D eigenvalue weighted by molar-refractivity contribution is 7.87. The second kappa shape index (κ2) is 5.66. The molecular formula is C7H13NO6S-2. The standard InChI is InChI=1S/C6H11NO6S.CH4/c1-7(2)6(10)4(3-5(8)9)14(11,12)13;/h4H,3H2,1-2H3,(H,8,9)(H,11,12,13);1H4/p-2. The molecule has 1 atom stereocenters. The second-order valence-electron chi connectivity index (χ2n) is 2.79. The lowest BCUT2D eigenvalue weighted by Crippen LogP contribution is -2.42. The molecule has 7 nitrogen and oxygen atoms in total. The summed E-state index contributed by atoms with van der Waals surface area (Å²) < 4.78 is 31.6. The summed E-state index contributed by atoms with van der Waals surface area (Å²) in [6.07, 6.45) is -1.12. The Balaban J connectivity index is 0. The largest absolute Gasteiger partial charge is 0.747 e. The van der Waals surface area contributed by atoms with E-state index in [9.17, 15) is 27.7 Å². The molecule has 1 unspecified atom stereocenters. The molecule has 0 heterocycles. The van der Waals surface area contributed by atoms with Gasteiger partial charge in [0.1, 0.15) is 15.4 Å². The molecule has 90 valence electrons. The van der Waals surface area contributed by atoms with Crippen LogP contribution in [0.1, 0.15) is 13.8 Å². The summed E-state index contributed by atoms with van der Waals surface area (Å²) in [7, 11) is -2.53. The van der Waals surface area contributed by atoms with Crippen LogP contribution >= 0.6 is 0 Å². The van der Waals surface area contributed by atoms with Crippen molar-refractivity contribution in [2.24, 2.45) is 0 Å². The Morgan fingerprint density at radius 2 is 1.73 bits per heavy atom. The maximum Gasteiger partial charge on any atom is 0.239 e. The van der Waals surface area contributed by atoms with E-state index in [1.165, 1.54) is 14.1 Å². The lowest BCUT2D eigenvalue weighted by Gasteiger charge is -2.23. The molecule has 0 rings (SSSR count). The normalized spacial score (nSPS) is 12.5. The van der Waals surface area contributed by atoms with Gasteiger partial charge in [-0.25, -0.2) is 8.42 Å². The Labute approximate surface area is 88.4 Å². The van der Waals surface area contributed by atoms with Gasteiger partial charge in [-0.15, -0.1) is 0 Å². The molecule has 1 amide bonds. The lowest BCUT2D eigenvalue weighted by molar-refractivity contribution is -0.305. The zero-order valence-corrected chi connectivity index (χ0v) is 8.41. The van der Waals surface area contributed by atoms with E-state index < -0.39 is 33.7 Å². The lowest BCUT2D eigenvalue weighted by atomic mass is 10.3. The Morgan fingerprint density at radius 1 is 1.33 bits per heavy atom. The van der Waals surface area contributed by atoms with E-state index in [0.29, 0.717) is 0 Å². The van der Waals surface area contributed by atoms with Gasteiger partial charge in [0.2, 0.25) is 5.91 Å². The van der Waals surface area contributed by atoms with Gasteiger partial charge in [0.15, 0.2) is 0 Å². The van der Waals surface area contributed by atoms with Crippen molar-refractivity contribution in [2.75, 3.05) is 14.1 Å². The Kier molecular flexibility index (Phi) is 6.15. The highest BCUT2D eigenvalue weighted by atomic mass is 32.2. The zero-order valence-electron chi connectivity index (χ0n) is 7.59. The molecule has 0 bridgehead atoms. The molecule has 0 aromatic carbocycles. The van der Waals surface area contributed by atoms with E-state index in [2.05, 4.69) is 0 Å². The molecule has 0 spiro atoms. The first-order valence-corrected chi connectivity index (χ1v) is 4.99. The van der Waals surface area contributed by atoms with Crippen molar-refractivity contribution in [2.45, 2.75) is 19.1 Å². The fourth-order valence-electron chi connectivity index (χ4n) is 0.752. The number of carbonyl (C=O) groups excluding carboxylic acids is 2. The van der Waals surface area contributed by atoms with E-state index in [1.54, 1.807) is 0 Å². The van der Waals surface area contributed by atoms with Gasteiger partial charge >= 0.3 is 0 Å². The van der Waals surface area contributed by atoms with Crippen LogP contribution in [0.5, 0.6) is 0 Å². The van der Waals surface area contributed by atoms with Crippen molar-refractivity contribution in [3.63, 3.8) is 0 Å². The fraction of sp³-hybridized carbons (Fsp3) is 0.714. The number of carbonyl (C=O) groups is 2. The summed E-state index contributed by atoms with van der Waals surface area (Å²) in [5, 5.41) is 7.99. The first-order chi connectivity index (χ1) is 6.16. The van der Waals surface area contributed by atoms with E-state index >= 15 is 0 Å². The first-order valence-electron chi connectivity index (χ1n) is 3.52. The summed E-state index contributed by atoms with van der Waals surface area (Å²) in [6.45, 7) is 0. The average molecular weight is 239 g/mol. The number of hydrogen-bond donors (Lipinski definition) is 0. The van der Waals surface area contributed by atoms with Crippen molar-refractivity contribution < 1.29 is 27.7 Å². The summed E-state index contributed by atoms with van der Waals surface area (Å²) in [5.41, 5.74) is 0. The minimum absolute atomic E-state index is 0. The molecule has 0 saturated heterocycles. The van der Waals surface area contributed by atoms with Gasteiger partial charge in [-0.3, -0.25) is 4.79 Å². The SMILES string of the molecule is C.CN(C)C(=O)C(CC(=O)[O-])S(=O)(=O)[O-]. The quantitative estimate of drug-likeness (QED) is 0.512. The van der Waals surface area contributed by atoms with Crippen molar-refractivity contribution >= 4 is 22.0 Å². The third-order valence-corrected chi connectivity index (χ3v) is 2.48. The fourth-order valence-corrected chi connectivity index (χ4v) is 1.55. The predicted octanol–water partition coefficient (Wildman–Crippen LogP) is -2.24. The summed E-state index contributed by atoms with van der Waals surface area (Å²) in [5.74, 6) is -2.83. The number of amides is 1. The number of hydrogen-bond acceptors (Lipinski definition) is 6. The van der Waals surface area contributed by atoms with Crippen LogP contribution in [-0.2, 0) is 19.7 Å². The summed E-state index contributed by atoms with van der Waals surface area (Å²) in [6, 6.07) is 0. The molecule has 0 aliphatic heterocycles. The van der Waals surface area contributed by atoms with E-state index in [0.717, 1.165) is 4.90 Å². The van der Waals surface area contributed by atoms with Crippen LogP contribution in [0.25, 0.3) is 0 Å². The molecule has 0 aromatic heterocycles. The molecule has 0 N–H and O–H groups in total. The van der Waals surface area contributed by atoms with Crippen LogP contribution in [0.2, 0.25) is 0 Å². The van der Waals surface area contributed by atoms with Crippen molar-refractivity contribution in [3.8, 4) is 0 Å². The van der Waals surface area contributed by atoms with Gasteiger partial charge in [0, 0.05) is 26.5 Å². The van der Waals surface area contributed by atoms with E-state index in [4.69, 9.17) is 0 Å². The molecule has 15 heavy (non-hydrogen) atoms. The van der Waals surface area contributed by atoms with Gasteiger partial charge < -0.3 is 19.4 Å². The minimum atomic E-state index is -4.97. The molecule has 0 aromatic rings. The van der Waals surface area contributed by atoms with Crippen LogP contribution in [0.3, 0.4) is 0 Å². The average Bonchev–Trinajstić information content (AvgIpc) is 1.96. The second-order valence-corrected chi connectivity index (χ2v) is 4.34. The van der Waals surface area contributed by atoms with Crippen LogP contribution in [0, 0.1) is 0 Å². The number of carboxylic acids is 1. The van der Waals surface area contributed by atoms with Gasteiger partial charge in [0.05, 0.1) is 0 Å². The first kappa shape index (κ1) is 16.3. The van der Waals surface area contributed by atoms with Gasteiger partial charge in [-0.2, -0.15) is 0 Å². The number of carboxylic acid groups (broad SMARTS) is 1. The monoisotopic (exact) mass is 239 g/mol. The smallest absolute Gasteiger partial charge is 0.239 e. The summed E-state index contributed by atoms with van der Waals surface area (Å²) in [4.78, 5) is 22.0. The van der Waals surface area contributed by atoms with Gasteiger partial charge in [-0.1, -0.05) is 7.43 Å². The maximum absolute atomic E-state index is 11.1. The topological polar surface area (TPSA) is 118 Å². The summed E-state index contributed by atoms with van der Waals surface area (Å²) >= 11 is 0. The minimum Gasteiger partial charge on any atom is -0.747 e. The maximum atomic E-state index is 11.1. The van der Waals surface area contributed by atoms with Crippen molar-refractivity contribution in [1.82, 2.24) is 4.90 Å². The van der Waals surface area contributed by atoms with E-state index in [-0.39, 0.29) is 7.43 Å². The number of rotatable bonds is 4. The zero-order chi connectivity index (χ0) is 11.5. The van der Waals surface area contributed by atoms with Crippen molar-refractivity contribution in [1.29, 1.82) is 0 Å². The van der Waals surface area contributed by atoms with Crippen molar-refractivity contribution in [3.05, 3.63) is 0 Å². The predicted molar refractivity (Wildman–Crippen MR) is 48.5 cm³/mol. The van der Waals surface area contributed by atoms with Gasteiger partial charge in [0.25, 0.3) is 0 Å². The van der Waals surface area contributed by atoms with Gasteiger partial charge in [-0.05, 0) is 0 Å². The van der Waals surface area contributed by atoms with Crippen LogP contribution in [0.15, 0.2) is 0 Å². The third-order valence-electron chi connectivity index (χ3n) is 1.42. The highest BCUT2D eigenvalue weighted by Gasteiger charge is 2.26. The van der Waals surface area contributed by atoms with Crippen LogP contribution in [0.4, 0.5) is 0 Å². The highest BCUT2D eigenvalue weighted by Crippen LogP contribution is 2.06. The Morgan fingerprint density at radius 3 is 1.93 bits per heavy atom. The number of aliphatic carboxylic acids is 1. The Hall–Kier alpha value is -1.15. The molecule has 0 aliphatic rings. The molecule has 0 aliphatic carbocycles. The van der Waals surface area contributed by atoms with Crippen LogP contribution in [-0.4, -0.2) is 49.1 Å². The molecule has 0 fully saturated rings. The van der Waals surface area contributed by atoms with Crippen LogP contribution < -0.4 is 5.11 Å².